The van der Waals surface area contributed by atoms with Gasteiger partial charge in [0, 0.05) is 43.8 Å². The highest BCUT2D eigenvalue weighted by molar-refractivity contribution is 5.94. The molecule has 4 saturated carbocycles. The number of urea groups is 1. The summed E-state index contributed by atoms with van der Waals surface area (Å²) in [6.45, 7) is 2.53. The van der Waals surface area contributed by atoms with Gasteiger partial charge in [0.1, 0.15) is 0 Å². The van der Waals surface area contributed by atoms with Crippen LogP contribution in [0.5, 0.6) is 0 Å². The van der Waals surface area contributed by atoms with Crippen LogP contribution >= 0.6 is 0 Å². The molecule has 2 heterocycles. The fraction of sp³-hybridized carbons (Fsp3) is 0.690. The number of nitrogens with zero attached hydrogens (tertiary/aromatic N) is 2. The molecule has 7 rings (SSSR count). The molecule has 2 unspecified atom stereocenters. The van der Waals surface area contributed by atoms with Crippen LogP contribution in [-0.2, 0) is 4.79 Å². The van der Waals surface area contributed by atoms with Gasteiger partial charge in [-0.3, -0.25) is 9.59 Å². The van der Waals surface area contributed by atoms with Crippen molar-refractivity contribution in [2.24, 2.45) is 23.2 Å². The molecule has 8 heteroatoms. The smallest absolute Gasteiger partial charge is 0.320 e. The van der Waals surface area contributed by atoms with Crippen molar-refractivity contribution in [3.8, 4) is 0 Å². The first-order chi connectivity index (χ1) is 17.9. The molecule has 1 aromatic rings. The lowest BCUT2D eigenvalue weighted by Gasteiger charge is -2.58. The maximum Gasteiger partial charge on any atom is 0.320 e. The van der Waals surface area contributed by atoms with Crippen LogP contribution in [0.2, 0.25) is 0 Å². The first kappa shape index (κ1) is 24.7. The number of aliphatic hydroxyl groups excluding tert-OH is 1. The fourth-order valence-corrected chi connectivity index (χ4v) is 8.16. The molecule has 4 bridgehead atoms. The predicted molar refractivity (Wildman–Crippen MR) is 139 cm³/mol. The summed E-state index contributed by atoms with van der Waals surface area (Å²) in [6.07, 6.45) is 7.80. The van der Waals surface area contributed by atoms with E-state index in [-0.39, 0.29) is 53.3 Å². The van der Waals surface area contributed by atoms with Crippen molar-refractivity contribution in [1.29, 1.82) is 0 Å². The Hall–Kier alpha value is -2.61. The molecule has 8 nitrogen and oxygen atoms in total. The highest BCUT2D eigenvalue weighted by atomic mass is 16.3. The molecule has 6 fully saturated rings. The second-order valence-electron chi connectivity index (χ2n) is 12.4. The molecule has 1 aromatic carbocycles. The highest BCUT2D eigenvalue weighted by Gasteiger charge is 2.58. The highest BCUT2D eigenvalue weighted by Crippen LogP contribution is 2.60. The van der Waals surface area contributed by atoms with Crippen molar-refractivity contribution < 1.29 is 19.5 Å². The summed E-state index contributed by atoms with van der Waals surface area (Å²) in [7, 11) is 0. The summed E-state index contributed by atoms with van der Waals surface area (Å²) >= 11 is 0. The number of aliphatic hydroxyl groups is 1. The summed E-state index contributed by atoms with van der Waals surface area (Å²) < 4.78 is 0. The van der Waals surface area contributed by atoms with Gasteiger partial charge in [0.05, 0.1) is 11.5 Å². The molecule has 3 atom stereocenters. The third-order valence-corrected chi connectivity index (χ3v) is 9.87. The lowest BCUT2D eigenvalue weighted by atomic mass is 9.48. The Bertz CT molecular complexity index is 1010. The van der Waals surface area contributed by atoms with Crippen LogP contribution in [0.25, 0.3) is 0 Å². The van der Waals surface area contributed by atoms with E-state index in [2.05, 4.69) is 10.6 Å². The van der Waals surface area contributed by atoms with E-state index >= 15 is 0 Å². The SMILES string of the molecule is O=C(NC1CCN(C(=O)N2CCC[C@H](NC(=O)C34CC5CC(C3)C(O)C(C5)C4)C2)CC1)c1ccccc1. The maximum absolute atomic E-state index is 13.5. The quantitative estimate of drug-likeness (QED) is 0.582. The molecular weight excluding hydrogens is 468 g/mol. The average molecular weight is 509 g/mol. The molecule has 37 heavy (non-hydrogen) atoms. The zero-order valence-corrected chi connectivity index (χ0v) is 21.6. The van der Waals surface area contributed by atoms with E-state index < -0.39 is 0 Å². The number of hydrogen-bond donors (Lipinski definition) is 3. The number of carbonyl (C=O) groups is 3. The van der Waals surface area contributed by atoms with E-state index in [1.807, 2.05) is 40.1 Å². The van der Waals surface area contributed by atoms with Crippen molar-refractivity contribution in [2.75, 3.05) is 26.2 Å². The molecular formula is C29H40N4O4. The molecule has 6 aliphatic rings. The van der Waals surface area contributed by atoms with Gasteiger partial charge >= 0.3 is 6.03 Å². The summed E-state index contributed by atoms with van der Waals surface area (Å²) in [6, 6.07) is 9.35. The van der Waals surface area contributed by atoms with E-state index in [0.717, 1.165) is 64.3 Å². The van der Waals surface area contributed by atoms with E-state index in [9.17, 15) is 19.5 Å². The van der Waals surface area contributed by atoms with Gasteiger partial charge in [0.15, 0.2) is 0 Å². The number of rotatable bonds is 4. The number of hydrogen-bond acceptors (Lipinski definition) is 4. The fourth-order valence-electron chi connectivity index (χ4n) is 8.16. The molecule has 2 saturated heterocycles. The van der Waals surface area contributed by atoms with Crippen molar-refractivity contribution in [2.45, 2.75) is 76.0 Å². The number of likely N-dealkylation sites (tertiary alicyclic amines) is 2. The first-order valence-electron chi connectivity index (χ1n) is 14.3. The van der Waals surface area contributed by atoms with Crippen LogP contribution in [0.3, 0.4) is 0 Å². The van der Waals surface area contributed by atoms with Crippen LogP contribution in [-0.4, -0.2) is 77.1 Å². The number of amides is 4. The van der Waals surface area contributed by atoms with Crippen LogP contribution in [0.4, 0.5) is 4.79 Å². The molecule has 200 valence electrons. The Morgan fingerprint density at radius 1 is 0.838 bits per heavy atom. The summed E-state index contributed by atoms with van der Waals surface area (Å²) in [5.74, 6) is 1.24. The average Bonchev–Trinajstić information content (AvgIpc) is 2.92. The van der Waals surface area contributed by atoms with Gasteiger partial charge in [-0.2, -0.15) is 0 Å². The van der Waals surface area contributed by atoms with Gasteiger partial charge in [-0.25, -0.2) is 4.79 Å². The second kappa shape index (κ2) is 9.93. The lowest BCUT2D eigenvalue weighted by Crippen LogP contribution is -2.61. The molecule has 0 radical (unpaired) electrons. The van der Waals surface area contributed by atoms with Crippen LogP contribution < -0.4 is 10.6 Å². The maximum atomic E-state index is 13.5. The molecule has 2 aliphatic heterocycles. The third-order valence-electron chi connectivity index (χ3n) is 9.87. The molecule has 0 spiro atoms. The minimum Gasteiger partial charge on any atom is -0.393 e. The predicted octanol–water partition coefficient (Wildman–Crippen LogP) is 2.77. The summed E-state index contributed by atoms with van der Waals surface area (Å²) in [5, 5.41) is 17.0. The lowest BCUT2D eigenvalue weighted by molar-refractivity contribution is -0.163. The zero-order valence-electron chi connectivity index (χ0n) is 21.6. The number of piperidine rings is 2. The largest absolute Gasteiger partial charge is 0.393 e. The zero-order chi connectivity index (χ0) is 25.6. The Labute approximate surface area is 219 Å². The van der Waals surface area contributed by atoms with Crippen LogP contribution in [0, 0.1) is 23.2 Å². The van der Waals surface area contributed by atoms with Crippen molar-refractivity contribution in [3.63, 3.8) is 0 Å². The molecule has 0 aromatic heterocycles. The van der Waals surface area contributed by atoms with Crippen LogP contribution in [0.1, 0.15) is 68.1 Å². The Balaban J connectivity index is 0.995. The van der Waals surface area contributed by atoms with Crippen molar-refractivity contribution in [1.82, 2.24) is 20.4 Å². The van der Waals surface area contributed by atoms with E-state index in [1.165, 1.54) is 0 Å². The Morgan fingerprint density at radius 2 is 1.54 bits per heavy atom. The van der Waals surface area contributed by atoms with Crippen LogP contribution in [0.15, 0.2) is 30.3 Å². The van der Waals surface area contributed by atoms with E-state index in [0.29, 0.717) is 31.1 Å². The number of carbonyl (C=O) groups excluding carboxylic acids is 3. The Kier molecular flexibility index (Phi) is 6.63. The van der Waals surface area contributed by atoms with E-state index in [1.54, 1.807) is 0 Å². The number of benzene rings is 1. The van der Waals surface area contributed by atoms with Gasteiger partial charge in [0.25, 0.3) is 5.91 Å². The second-order valence-corrected chi connectivity index (χ2v) is 12.4. The van der Waals surface area contributed by atoms with Gasteiger partial charge in [-0.05, 0) is 87.7 Å². The minimum absolute atomic E-state index is 0.00849. The molecule has 4 aliphatic carbocycles. The van der Waals surface area contributed by atoms with Crippen molar-refractivity contribution in [3.05, 3.63) is 35.9 Å². The van der Waals surface area contributed by atoms with E-state index in [4.69, 9.17) is 0 Å². The van der Waals surface area contributed by atoms with Crippen molar-refractivity contribution >= 4 is 17.8 Å². The normalized spacial score (nSPS) is 35.3. The van der Waals surface area contributed by atoms with Gasteiger partial charge < -0.3 is 25.5 Å². The molecule has 3 N–H and O–H groups in total. The third kappa shape index (κ3) is 4.85. The van der Waals surface area contributed by atoms with Gasteiger partial charge in [0.2, 0.25) is 5.91 Å². The standard InChI is InChI=1S/C29H40N4O4/c34-25-21-13-19-14-22(25)17-29(15-19,16-21)27(36)31-24-7-4-10-33(18-24)28(37)32-11-8-23(9-12-32)30-26(35)20-5-2-1-3-6-20/h1-3,5-6,19,21-25,34H,4,7-18H2,(H,30,35)(H,31,36)/t19?,21?,22?,24-,25?,29?/m0/s1. The summed E-state index contributed by atoms with van der Waals surface area (Å²) in [4.78, 5) is 43.1. The minimum atomic E-state index is -0.311. The molecule has 4 amide bonds. The topological polar surface area (TPSA) is 102 Å². The first-order valence-corrected chi connectivity index (χ1v) is 14.3. The Morgan fingerprint density at radius 3 is 2.24 bits per heavy atom. The van der Waals surface area contributed by atoms with Gasteiger partial charge in [-0.15, -0.1) is 0 Å². The monoisotopic (exact) mass is 508 g/mol. The summed E-state index contributed by atoms with van der Waals surface area (Å²) in [5.41, 5.74) is 0.348. The van der Waals surface area contributed by atoms with Gasteiger partial charge in [-0.1, -0.05) is 18.2 Å². The number of nitrogens with one attached hydrogen (secondary N) is 2.